The number of carbonyl (C=O) groups excluding carboxylic acids is 1. The van der Waals surface area contributed by atoms with Gasteiger partial charge in [0, 0.05) is 18.0 Å². The topological polar surface area (TPSA) is 108 Å². The minimum Gasteiger partial charge on any atom is -0.489 e. The molecule has 0 aliphatic carbocycles. The first kappa shape index (κ1) is 28.6. The Balaban J connectivity index is 1.43. The molecule has 0 radical (unpaired) electrons. The highest BCUT2D eigenvalue weighted by atomic mass is 35.5. The Hall–Kier alpha value is -3.37. The first-order valence-corrected chi connectivity index (χ1v) is 14.2. The van der Waals surface area contributed by atoms with Crippen molar-refractivity contribution in [2.75, 3.05) is 7.11 Å². The second-order valence-electron chi connectivity index (χ2n) is 8.90. The highest BCUT2D eigenvalue weighted by molar-refractivity contribution is 7.89. The molecule has 1 aromatic heterocycles. The van der Waals surface area contributed by atoms with Crippen molar-refractivity contribution < 1.29 is 27.2 Å². The van der Waals surface area contributed by atoms with E-state index in [1.165, 1.54) is 31.4 Å². The SMILES string of the molecule is COC(=O)c1ccc(S(=O)(=O)NCc2ccc(OCc3c(-c4c(Cl)cccc4Cl)noc3C(C)C)cc2)cc1. The molecule has 4 rings (SSSR count). The molecule has 0 saturated heterocycles. The number of hydrogen-bond acceptors (Lipinski definition) is 7. The number of carbonyl (C=O) groups is 1. The molecule has 0 unspecified atom stereocenters. The van der Waals surface area contributed by atoms with Crippen molar-refractivity contribution in [3.8, 4) is 17.0 Å². The quantitative estimate of drug-likeness (QED) is 0.207. The number of ether oxygens (including phenoxy) is 2. The third kappa shape index (κ3) is 6.62. The molecule has 204 valence electrons. The maximum atomic E-state index is 12.7. The number of nitrogens with one attached hydrogen (secondary N) is 1. The summed E-state index contributed by atoms with van der Waals surface area (Å²) in [6.45, 7) is 4.22. The van der Waals surface area contributed by atoms with Crippen LogP contribution in [0.5, 0.6) is 5.75 Å². The average molecular weight is 589 g/mol. The molecule has 0 bridgehead atoms. The van der Waals surface area contributed by atoms with Crippen molar-refractivity contribution in [2.24, 2.45) is 0 Å². The van der Waals surface area contributed by atoms with Gasteiger partial charge in [-0.2, -0.15) is 0 Å². The number of sulfonamides is 1. The molecule has 0 fully saturated rings. The molecule has 0 spiro atoms. The van der Waals surface area contributed by atoms with Gasteiger partial charge in [-0.3, -0.25) is 0 Å². The largest absolute Gasteiger partial charge is 0.489 e. The Morgan fingerprint density at radius 1 is 1.00 bits per heavy atom. The molecule has 39 heavy (non-hydrogen) atoms. The predicted octanol–water partition coefficient (Wildman–Crippen LogP) is 6.62. The van der Waals surface area contributed by atoms with E-state index >= 15 is 0 Å². The Kier molecular flexibility index (Phi) is 8.97. The number of aromatic nitrogens is 1. The summed E-state index contributed by atoms with van der Waals surface area (Å²) in [6, 6.07) is 17.8. The van der Waals surface area contributed by atoms with Crippen LogP contribution in [0, 0.1) is 0 Å². The van der Waals surface area contributed by atoms with Gasteiger partial charge >= 0.3 is 5.97 Å². The Labute approximate surface area is 236 Å². The Morgan fingerprint density at radius 2 is 1.64 bits per heavy atom. The third-order valence-electron chi connectivity index (χ3n) is 5.90. The van der Waals surface area contributed by atoms with Gasteiger partial charge in [-0.25, -0.2) is 17.9 Å². The van der Waals surface area contributed by atoms with Gasteiger partial charge in [-0.1, -0.05) is 60.4 Å². The monoisotopic (exact) mass is 588 g/mol. The minimum atomic E-state index is -3.78. The molecule has 1 heterocycles. The molecule has 11 heteroatoms. The summed E-state index contributed by atoms with van der Waals surface area (Å²) in [6.07, 6.45) is 0. The minimum absolute atomic E-state index is 0.0409. The Bertz CT molecular complexity index is 1550. The van der Waals surface area contributed by atoms with Crippen molar-refractivity contribution >= 4 is 39.2 Å². The maximum absolute atomic E-state index is 12.7. The molecule has 1 N–H and O–H groups in total. The van der Waals surface area contributed by atoms with E-state index in [0.29, 0.717) is 32.8 Å². The molecule has 8 nitrogen and oxygen atoms in total. The summed E-state index contributed by atoms with van der Waals surface area (Å²) < 4.78 is 44.1. The van der Waals surface area contributed by atoms with Gasteiger partial charge in [-0.05, 0) is 54.1 Å². The van der Waals surface area contributed by atoms with Crippen LogP contribution in [0.4, 0.5) is 0 Å². The van der Waals surface area contributed by atoms with E-state index in [4.69, 9.17) is 32.5 Å². The second kappa shape index (κ2) is 12.2. The van der Waals surface area contributed by atoms with E-state index in [9.17, 15) is 13.2 Å². The van der Waals surface area contributed by atoms with Crippen molar-refractivity contribution in [1.29, 1.82) is 0 Å². The van der Waals surface area contributed by atoms with Gasteiger partial charge in [0.2, 0.25) is 10.0 Å². The standard InChI is InChI=1S/C28H26Cl2N2O6S/c1-17(2)27-22(26(32-38-27)25-23(29)5-4-6-24(25)30)16-37-20-11-7-18(8-12-20)15-31-39(34,35)21-13-9-19(10-14-21)28(33)36-3/h4-14,17,31H,15-16H2,1-3H3. The lowest BCUT2D eigenvalue weighted by atomic mass is 10.0. The fourth-order valence-corrected chi connectivity index (χ4v) is 5.44. The van der Waals surface area contributed by atoms with Crippen LogP contribution in [-0.2, 0) is 27.9 Å². The van der Waals surface area contributed by atoms with Crippen LogP contribution < -0.4 is 9.46 Å². The van der Waals surface area contributed by atoms with E-state index in [-0.39, 0.29) is 29.5 Å². The summed E-state index contributed by atoms with van der Waals surface area (Å²) in [5.41, 5.74) is 2.85. The van der Waals surface area contributed by atoms with Crippen LogP contribution in [0.2, 0.25) is 10.0 Å². The summed E-state index contributed by atoms with van der Waals surface area (Å²) in [4.78, 5) is 11.6. The third-order valence-corrected chi connectivity index (χ3v) is 7.95. The van der Waals surface area contributed by atoms with E-state index in [1.54, 1.807) is 42.5 Å². The number of rotatable bonds is 10. The van der Waals surface area contributed by atoms with Crippen LogP contribution in [-0.4, -0.2) is 26.7 Å². The number of hydrogen-bond donors (Lipinski definition) is 1. The lowest BCUT2D eigenvalue weighted by molar-refractivity contribution is 0.0600. The van der Waals surface area contributed by atoms with Crippen molar-refractivity contribution in [3.05, 3.63) is 99.2 Å². The van der Waals surface area contributed by atoms with Gasteiger partial charge in [0.05, 0.1) is 33.2 Å². The lowest BCUT2D eigenvalue weighted by Crippen LogP contribution is -2.23. The summed E-state index contributed by atoms with van der Waals surface area (Å²) >= 11 is 12.8. The molecule has 0 aliphatic heterocycles. The van der Waals surface area contributed by atoms with Gasteiger partial charge in [0.1, 0.15) is 23.8 Å². The summed E-state index contributed by atoms with van der Waals surface area (Å²) in [5, 5.41) is 5.15. The van der Waals surface area contributed by atoms with Crippen LogP contribution in [0.25, 0.3) is 11.3 Å². The van der Waals surface area contributed by atoms with Gasteiger partial charge in [-0.15, -0.1) is 0 Å². The van der Waals surface area contributed by atoms with Crippen LogP contribution in [0.15, 0.2) is 76.1 Å². The van der Waals surface area contributed by atoms with E-state index in [2.05, 4.69) is 14.6 Å². The summed E-state index contributed by atoms with van der Waals surface area (Å²) in [5.74, 6) is 0.763. The van der Waals surface area contributed by atoms with Crippen molar-refractivity contribution in [3.63, 3.8) is 0 Å². The zero-order chi connectivity index (χ0) is 28.2. The van der Waals surface area contributed by atoms with E-state index < -0.39 is 16.0 Å². The lowest BCUT2D eigenvalue weighted by Gasteiger charge is -2.11. The molecule has 0 atom stereocenters. The summed E-state index contributed by atoms with van der Waals surface area (Å²) in [7, 11) is -2.52. The number of methoxy groups -OCH3 is 1. The van der Waals surface area contributed by atoms with E-state index in [0.717, 1.165) is 11.1 Å². The van der Waals surface area contributed by atoms with Gasteiger partial charge in [0.15, 0.2) is 0 Å². The fraction of sp³-hybridized carbons (Fsp3) is 0.214. The number of nitrogens with zero attached hydrogens (tertiary/aromatic N) is 1. The normalized spacial score (nSPS) is 11.5. The fourth-order valence-electron chi connectivity index (χ4n) is 3.84. The molecule has 0 amide bonds. The maximum Gasteiger partial charge on any atom is 0.337 e. The Morgan fingerprint density at radius 3 is 2.23 bits per heavy atom. The first-order valence-electron chi connectivity index (χ1n) is 11.9. The molecular formula is C28H26Cl2N2O6S. The second-order valence-corrected chi connectivity index (χ2v) is 11.5. The predicted molar refractivity (Wildman–Crippen MR) is 149 cm³/mol. The van der Waals surface area contributed by atoms with Crippen LogP contribution in [0.3, 0.4) is 0 Å². The number of esters is 1. The van der Waals surface area contributed by atoms with Crippen LogP contribution in [0.1, 0.15) is 47.0 Å². The zero-order valence-electron chi connectivity index (χ0n) is 21.4. The molecule has 0 saturated carbocycles. The number of benzene rings is 3. The van der Waals surface area contributed by atoms with Crippen molar-refractivity contribution in [2.45, 2.75) is 37.8 Å². The van der Waals surface area contributed by atoms with Gasteiger partial charge < -0.3 is 14.0 Å². The highest BCUT2D eigenvalue weighted by Gasteiger charge is 2.24. The van der Waals surface area contributed by atoms with Gasteiger partial charge in [0.25, 0.3) is 0 Å². The van der Waals surface area contributed by atoms with E-state index in [1.807, 2.05) is 13.8 Å². The smallest absolute Gasteiger partial charge is 0.337 e. The van der Waals surface area contributed by atoms with Crippen molar-refractivity contribution in [1.82, 2.24) is 9.88 Å². The average Bonchev–Trinajstić information content (AvgIpc) is 3.34. The molecule has 0 aliphatic rings. The molecule has 4 aromatic rings. The number of halogens is 2. The molecular weight excluding hydrogens is 563 g/mol. The van der Waals surface area contributed by atoms with Crippen LogP contribution >= 0.6 is 23.2 Å². The highest BCUT2D eigenvalue weighted by Crippen LogP contribution is 2.38. The first-order chi connectivity index (χ1) is 18.6. The molecule has 3 aromatic carbocycles. The zero-order valence-corrected chi connectivity index (χ0v) is 23.7.